The van der Waals surface area contributed by atoms with E-state index in [1.165, 1.54) is 57.8 Å². The first-order valence-electron chi connectivity index (χ1n) is 9.82. The summed E-state index contributed by atoms with van der Waals surface area (Å²) in [6.45, 7) is 4.55. The van der Waals surface area contributed by atoms with Gasteiger partial charge in [0, 0.05) is 13.0 Å². The fourth-order valence-corrected chi connectivity index (χ4v) is 2.91. The molecule has 4 nitrogen and oxygen atoms in total. The van der Waals surface area contributed by atoms with E-state index in [0.29, 0.717) is 13.2 Å². The van der Waals surface area contributed by atoms with Gasteiger partial charge in [0.1, 0.15) is 0 Å². The van der Waals surface area contributed by atoms with Crippen LogP contribution in [0, 0.1) is 0 Å². The van der Waals surface area contributed by atoms with Gasteiger partial charge in [-0.15, -0.1) is 0 Å². The minimum atomic E-state index is -0.200. The lowest BCUT2D eigenvalue weighted by atomic mass is 10.1. The van der Waals surface area contributed by atoms with Gasteiger partial charge < -0.3 is 19.3 Å². The second-order valence-corrected chi connectivity index (χ2v) is 6.61. The largest absolute Gasteiger partial charge is 0.394 e. The first-order chi connectivity index (χ1) is 11.4. The maximum Gasteiger partial charge on any atom is 0.160 e. The van der Waals surface area contributed by atoms with Crippen LogP contribution in [0.2, 0.25) is 0 Å². The number of aliphatic hydroxyl groups is 1. The molecule has 138 valence electrons. The van der Waals surface area contributed by atoms with E-state index < -0.39 is 0 Å². The van der Waals surface area contributed by atoms with Crippen LogP contribution >= 0.6 is 0 Å². The fourth-order valence-electron chi connectivity index (χ4n) is 2.91. The molecule has 0 aromatic carbocycles. The summed E-state index contributed by atoms with van der Waals surface area (Å²) in [5.74, 6) is 0. The molecule has 0 saturated carbocycles. The fraction of sp³-hybridized carbons (Fsp3) is 1.00. The summed E-state index contributed by atoms with van der Waals surface area (Å²) in [5, 5.41) is 9.08. The van der Waals surface area contributed by atoms with Crippen molar-refractivity contribution in [1.29, 1.82) is 0 Å². The topological polar surface area (TPSA) is 47.9 Å². The van der Waals surface area contributed by atoms with Crippen LogP contribution in [-0.4, -0.2) is 43.9 Å². The molecule has 4 heteroatoms. The predicted octanol–water partition coefficient (Wildman–Crippen LogP) is 4.44. The van der Waals surface area contributed by atoms with Crippen molar-refractivity contribution in [2.24, 2.45) is 0 Å². The van der Waals surface area contributed by atoms with Crippen molar-refractivity contribution in [1.82, 2.24) is 0 Å². The van der Waals surface area contributed by atoms with E-state index in [-0.39, 0.29) is 19.0 Å². The number of rotatable bonds is 15. The van der Waals surface area contributed by atoms with E-state index in [2.05, 4.69) is 6.92 Å². The molecule has 1 rings (SSSR count). The first kappa shape index (κ1) is 20.9. The van der Waals surface area contributed by atoms with E-state index >= 15 is 0 Å². The van der Waals surface area contributed by atoms with E-state index in [1.54, 1.807) is 0 Å². The third-order valence-corrected chi connectivity index (χ3v) is 4.43. The third kappa shape index (κ3) is 11.9. The summed E-state index contributed by atoms with van der Waals surface area (Å²) < 4.78 is 16.7. The second-order valence-electron chi connectivity index (χ2n) is 6.61. The molecule has 1 saturated heterocycles. The van der Waals surface area contributed by atoms with Crippen LogP contribution in [0.4, 0.5) is 0 Å². The molecule has 0 unspecified atom stereocenters. The van der Waals surface area contributed by atoms with Crippen molar-refractivity contribution in [3.05, 3.63) is 0 Å². The zero-order valence-corrected chi connectivity index (χ0v) is 15.1. The van der Waals surface area contributed by atoms with Crippen LogP contribution in [0.5, 0.6) is 0 Å². The molecule has 1 N–H and O–H groups in total. The average molecular weight is 331 g/mol. The Balaban J connectivity index is 1.76. The molecule has 0 amide bonds. The monoisotopic (exact) mass is 330 g/mol. The van der Waals surface area contributed by atoms with Crippen LogP contribution in [0.25, 0.3) is 0 Å². The Kier molecular flexibility index (Phi) is 14.0. The molecular formula is C19H38O4. The van der Waals surface area contributed by atoms with Crippen LogP contribution in [0.1, 0.15) is 84.0 Å². The van der Waals surface area contributed by atoms with Crippen molar-refractivity contribution in [3.8, 4) is 0 Å². The summed E-state index contributed by atoms with van der Waals surface area (Å²) in [6, 6.07) is 0. The Bertz CT molecular complexity index is 248. The Hall–Kier alpha value is -0.160. The van der Waals surface area contributed by atoms with Gasteiger partial charge in [-0.1, -0.05) is 64.7 Å². The lowest BCUT2D eigenvalue weighted by Crippen LogP contribution is -2.35. The molecule has 2 atom stereocenters. The number of aliphatic hydroxyl groups excluding tert-OH is 1. The standard InChI is InChI=1S/C19H38O4/c1-2-3-4-5-6-7-8-9-10-11-14-21-15-13-19-22-16-12-18(17-20)23-19/h18-20H,2-17H2,1H3/t18-,19+/m1/s1. The van der Waals surface area contributed by atoms with Crippen LogP contribution in [-0.2, 0) is 14.2 Å². The zero-order chi connectivity index (χ0) is 16.6. The van der Waals surface area contributed by atoms with E-state index in [9.17, 15) is 0 Å². The second kappa shape index (κ2) is 15.4. The molecule has 23 heavy (non-hydrogen) atoms. The van der Waals surface area contributed by atoms with Gasteiger partial charge in [-0.2, -0.15) is 0 Å². The predicted molar refractivity (Wildman–Crippen MR) is 93.6 cm³/mol. The van der Waals surface area contributed by atoms with Gasteiger partial charge in [-0.3, -0.25) is 0 Å². The van der Waals surface area contributed by atoms with Crippen molar-refractivity contribution in [3.63, 3.8) is 0 Å². The normalized spacial score (nSPS) is 21.7. The van der Waals surface area contributed by atoms with Gasteiger partial charge in [-0.05, 0) is 12.8 Å². The van der Waals surface area contributed by atoms with E-state index in [4.69, 9.17) is 19.3 Å². The van der Waals surface area contributed by atoms with Gasteiger partial charge in [0.2, 0.25) is 0 Å². The lowest BCUT2D eigenvalue weighted by Gasteiger charge is -2.29. The Morgan fingerprint density at radius 1 is 0.913 bits per heavy atom. The summed E-state index contributed by atoms with van der Waals surface area (Å²) in [6.07, 6.45) is 14.8. The quantitative estimate of drug-likeness (QED) is 0.451. The molecule has 0 aliphatic carbocycles. The van der Waals surface area contributed by atoms with Crippen molar-refractivity contribution < 1.29 is 19.3 Å². The SMILES string of the molecule is CCCCCCCCCCCCOCC[C@H]1OCC[C@H](CO)O1. The van der Waals surface area contributed by atoms with Gasteiger partial charge >= 0.3 is 0 Å². The number of ether oxygens (including phenoxy) is 3. The van der Waals surface area contributed by atoms with Gasteiger partial charge in [0.15, 0.2) is 6.29 Å². The molecule has 1 aliphatic rings. The van der Waals surface area contributed by atoms with Crippen molar-refractivity contribution in [2.45, 2.75) is 96.4 Å². The minimum absolute atomic E-state index is 0.0595. The highest BCUT2D eigenvalue weighted by Crippen LogP contribution is 2.15. The van der Waals surface area contributed by atoms with Crippen LogP contribution in [0.15, 0.2) is 0 Å². The molecule has 0 bridgehead atoms. The van der Waals surface area contributed by atoms with Gasteiger partial charge in [-0.25, -0.2) is 0 Å². The summed E-state index contributed by atoms with van der Waals surface area (Å²) in [4.78, 5) is 0. The van der Waals surface area contributed by atoms with E-state index in [1.807, 2.05) is 0 Å². The molecule has 1 aliphatic heterocycles. The first-order valence-corrected chi connectivity index (χ1v) is 9.82. The smallest absolute Gasteiger partial charge is 0.160 e. The third-order valence-electron chi connectivity index (χ3n) is 4.43. The maximum atomic E-state index is 9.08. The summed E-state index contributed by atoms with van der Waals surface area (Å²) in [5.41, 5.74) is 0. The summed E-state index contributed by atoms with van der Waals surface area (Å²) in [7, 11) is 0. The molecule has 0 aromatic rings. The lowest BCUT2D eigenvalue weighted by molar-refractivity contribution is -0.225. The highest BCUT2D eigenvalue weighted by Gasteiger charge is 2.21. The van der Waals surface area contributed by atoms with Gasteiger partial charge in [0.25, 0.3) is 0 Å². The molecule has 1 fully saturated rings. The Labute approximate surface area is 142 Å². The van der Waals surface area contributed by atoms with Crippen LogP contribution < -0.4 is 0 Å². The maximum absolute atomic E-state index is 9.08. The number of hydrogen-bond acceptors (Lipinski definition) is 4. The molecule has 0 radical (unpaired) electrons. The number of hydrogen-bond donors (Lipinski definition) is 1. The highest BCUT2D eigenvalue weighted by molar-refractivity contribution is 4.62. The van der Waals surface area contributed by atoms with Crippen LogP contribution in [0.3, 0.4) is 0 Å². The molecular weight excluding hydrogens is 292 g/mol. The van der Waals surface area contributed by atoms with Gasteiger partial charge in [0.05, 0.1) is 25.9 Å². The Morgan fingerprint density at radius 3 is 2.22 bits per heavy atom. The minimum Gasteiger partial charge on any atom is -0.394 e. The van der Waals surface area contributed by atoms with Crippen molar-refractivity contribution in [2.75, 3.05) is 26.4 Å². The van der Waals surface area contributed by atoms with Crippen molar-refractivity contribution >= 4 is 0 Å². The molecule has 0 spiro atoms. The number of unbranched alkanes of at least 4 members (excludes halogenated alkanes) is 9. The highest BCUT2D eigenvalue weighted by atomic mass is 16.7. The van der Waals surface area contributed by atoms with E-state index in [0.717, 1.165) is 25.9 Å². The zero-order valence-electron chi connectivity index (χ0n) is 15.1. The summed E-state index contributed by atoms with van der Waals surface area (Å²) >= 11 is 0. The Morgan fingerprint density at radius 2 is 1.57 bits per heavy atom. The molecule has 0 aromatic heterocycles. The average Bonchev–Trinajstić information content (AvgIpc) is 2.59. The molecule has 1 heterocycles.